The minimum Gasteiger partial charge on any atom is -0.490 e. The molecule has 0 unspecified atom stereocenters. The van der Waals surface area contributed by atoms with Gasteiger partial charge in [0.15, 0.2) is 6.10 Å². The second kappa shape index (κ2) is 17.6. The number of hydrogen-bond donors (Lipinski definition) is 3. The van der Waals surface area contributed by atoms with E-state index >= 15 is 0 Å². The highest BCUT2D eigenvalue weighted by Crippen LogP contribution is 2.28. The Morgan fingerprint density at radius 2 is 1.48 bits per heavy atom. The van der Waals surface area contributed by atoms with Gasteiger partial charge in [0, 0.05) is 46.2 Å². The number of aliphatic imine (C=N–C) groups is 1. The zero-order valence-corrected chi connectivity index (χ0v) is 28.4. The van der Waals surface area contributed by atoms with E-state index in [2.05, 4.69) is 15.6 Å². The average molecular weight is 650 g/mol. The number of aliphatic hydroxyl groups is 1. The zero-order chi connectivity index (χ0) is 34.5. The first-order valence-corrected chi connectivity index (χ1v) is 15.6. The molecule has 14 heteroatoms. The van der Waals surface area contributed by atoms with Gasteiger partial charge in [-0.15, -0.1) is 0 Å². The molecule has 0 spiro atoms. The van der Waals surface area contributed by atoms with E-state index in [1.165, 1.54) is 6.92 Å². The molecule has 1 aliphatic rings. The van der Waals surface area contributed by atoms with E-state index in [4.69, 9.17) is 18.9 Å². The van der Waals surface area contributed by atoms with Gasteiger partial charge in [0.1, 0.15) is 23.6 Å². The summed E-state index contributed by atoms with van der Waals surface area (Å²) < 4.78 is 21.1. The Morgan fingerprint density at radius 1 is 0.935 bits per heavy atom. The highest BCUT2D eigenvalue weighted by atomic mass is 16.6. The molecule has 0 saturated carbocycles. The van der Waals surface area contributed by atoms with Crippen molar-refractivity contribution in [2.24, 2.45) is 4.99 Å². The second-order valence-electron chi connectivity index (χ2n) is 12.8. The van der Waals surface area contributed by atoms with Crippen LogP contribution in [0.15, 0.2) is 23.2 Å². The topological polar surface area (TPSA) is 168 Å². The molecule has 0 radical (unpaired) electrons. The second-order valence-corrected chi connectivity index (χ2v) is 12.8. The number of nitrogens with one attached hydrogen (secondary N) is 2. The van der Waals surface area contributed by atoms with E-state index in [-0.39, 0.29) is 19.1 Å². The quantitative estimate of drug-likeness (QED) is 0.0942. The minimum atomic E-state index is -1.40. The smallest absolute Gasteiger partial charge is 0.407 e. The van der Waals surface area contributed by atoms with Crippen molar-refractivity contribution in [1.82, 2.24) is 20.4 Å². The number of amides is 3. The number of nitrogens with zero attached hydrogens (tertiary/aromatic N) is 3. The maximum absolute atomic E-state index is 12.3. The molecule has 0 aromatic heterocycles. The number of aliphatic hydroxyl groups excluding tert-OH is 1. The van der Waals surface area contributed by atoms with Crippen LogP contribution in [0.25, 0.3) is 0 Å². The molecule has 1 aromatic rings. The Hall–Kier alpha value is -4.07. The van der Waals surface area contributed by atoms with Gasteiger partial charge < -0.3 is 44.5 Å². The highest BCUT2D eigenvalue weighted by molar-refractivity contribution is 5.92. The van der Waals surface area contributed by atoms with Crippen LogP contribution in [0.5, 0.6) is 5.75 Å². The number of carbonyl (C=O) groups excluding carboxylic acids is 4. The Balaban J connectivity index is 2.14. The number of carbonyl (C=O) groups is 4. The van der Waals surface area contributed by atoms with Crippen LogP contribution in [-0.2, 0) is 36.9 Å². The van der Waals surface area contributed by atoms with Crippen molar-refractivity contribution < 1.29 is 43.2 Å². The van der Waals surface area contributed by atoms with Gasteiger partial charge in [-0.05, 0) is 84.6 Å². The lowest BCUT2D eigenvalue weighted by molar-refractivity contribution is -0.154. The number of ether oxygens (including phenoxy) is 4. The lowest BCUT2D eigenvalue weighted by Crippen LogP contribution is -2.45. The maximum atomic E-state index is 12.3. The summed E-state index contributed by atoms with van der Waals surface area (Å²) in [7, 11) is 0. The third-order valence-electron chi connectivity index (χ3n) is 6.24. The molecule has 0 aliphatic carbocycles. The number of benzene rings is 1. The third-order valence-corrected chi connectivity index (χ3v) is 6.24. The predicted octanol–water partition coefficient (Wildman–Crippen LogP) is 3.34. The van der Waals surface area contributed by atoms with Crippen molar-refractivity contribution in [3.05, 3.63) is 29.3 Å². The van der Waals surface area contributed by atoms with Crippen molar-refractivity contribution >= 4 is 30.0 Å². The van der Waals surface area contributed by atoms with Gasteiger partial charge >= 0.3 is 18.2 Å². The summed E-state index contributed by atoms with van der Waals surface area (Å²) >= 11 is 0. The van der Waals surface area contributed by atoms with E-state index in [9.17, 15) is 24.3 Å². The summed E-state index contributed by atoms with van der Waals surface area (Å²) in [6.07, 6.45) is -1.35. The summed E-state index contributed by atoms with van der Waals surface area (Å²) in [6, 6.07) is 5.48. The Morgan fingerprint density at radius 3 is 1.98 bits per heavy atom. The lowest BCUT2D eigenvalue weighted by atomic mass is 10.1. The van der Waals surface area contributed by atoms with Gasteiger partial charge in [-0.1, -0.05) is 6.07 Å². The van der Waals surface area contributed by atoms with E-state index in [1.807, 2.05) is 21.9 Å². The monoisotopic (exact) mass is 649 g/mol. The maximum Gasteiger partial charge on any atom is 0.407 e. The van der Waals surface area contributed by atoms with Crippen molar-refractivity contribution in [3.63, 3.8) is 0 Å². The summed E-state index contributed by atoms with van der Waals surface area (Å²) in [5.41, 5.74) is 0.717. The molecule has 1 atom stereocenters. The predicted molar refractivity (Wildman–Crippen MR) is 171 cm³/mol. The number of rotatable bonds is 13. The van der Waals surface area contributed by atoms with E-state index in [0.717, 1.165) is 11.1 Å². The van der Waals surface area contributed by atoms with E-state index in [0.29, 0.717) is 63.8 Å². The van der Waals surface area contributed by atoms with Gasteiger partial charge in [-0.2, -0.15) is 4.99 Å². The largest absolute Gasteiger partial charge is 0.490 e. The fourth-order valence-electron chi connectivity index (χ4n) is 4.43. The molecule has 46 heavy (non-hydrogen) atoms. The average Bonchev–Trinajstić information content (AvgIpc) is 3.35. The molecule has 1 aliphatic heterocycles. The van der Waals surface area contributed by atoms with Gasteiger partial charge in [0.05, 0.1) is 6.61 Å². The van der Waals surface area contributed by atoms with Crippen molar-refractivity contribution in [1.29, 1.82) is 0 Å². The van der Waals surface area contributed by atoms with Crippen LogP contribution in [0.1, 0.15) is 79.4 Å². The first-order chi connectivity index (χ1) is 21.5. The van der Waals surface area contributed by atoms with Crippen LogP contribution < -0.4 is 15.4 Å². The number of fused-ring (bicyclic) bond motifs is 1. The molecule has 1 aromatic carbocycles. The normalized spacial score (nSPS) is 13.8. The Labute approximate surface area is 271 Å². The molecule has 1 heterocycles. The number of alkyl carbamates (subject to hydrolysis) is 2. The number of guanidine groups is 1. The molecular formula is C32H51N5O9. The summed E-state index contributed by atoms with van der Waals surface area (Å²) in [6.45, 7) is 16.2. The van der Waals surface area contributed by atoms with Crippen LogP contribution in [0, 0.1) is 0 Å². The molecule has 0 fully saturated rings. The van der Waals surface area contributed by atoms with Gasteiger partial charge in [-0.3, -0.25) is 4.79 Å². The fourth-order valence-corrected chi connectivity index (χ4v) is 4.43. The lowest BCUT2D eigenvalue weighted by Gasteiger charge is -2.32. The Kier molecular flexibility index (Phi) is 14.6. The number of esters is 1. The van der Waals surface area contributed by atoms with Crippen LogP contribution in [-0.4, -0.2) is 102 Å². The van der Waals surface area contributed by atoms with Gasteiger partial charge in [-0.25, -0.2) is 14.4 Å². The SMILES string of the molecule is CCOC(=O)[C@H](O)COc1ccc2c(c1)CN(C(=NC(C)=O)N(CCCNC(=O)OC(C)(C)C)CCCNC(=O)OC(C)(C)C)C2. The molecule has 2 rings (SSSR count). The zero-order valence-electron chi connectivity index (χ0n) is 28.4. The summed E-state index contributed by atoms with van der Waals surface area (Å²) in [5, 5.41) is 15.5. The fraction of sp³-hybridized carbons (Fsp3) is 0.656. The molecule has 3 N–H and O–H groups in total. The van der Waals surface area contributed by atoms with Crippen LogP contribution in [0.3, 0.4) is 0 Å². The molecule has 0 saturated heterocycles. The first kappa shape index (κ1) is 38.1. The van der Waals surface area contributed by atoms with Crippen molar-refractivity contribution in [2.45, 2.75) is 98.6 Å². The van der Waals surface area contributed by atoms with Gasteiger partial charge in [0.2, 0.25) is 11.9 Å². The highest BCUT2D eigenvalue weighted by Gasteiger charge is 2.27. The summed E-state index contributed by atoms with van der Waals surface area (Å²) in [5.74, 6) is -0.167. The van der Waals surface area contributed by atoms with Crippen molar-refractivity contribution in [2.75, 3.05) is 39.4 Å². The van der Waals surface area contributed by atoms with Crippen molar-refractivity contribution in [3.8, 4) is 5.75 Å². The number of hydrogen-bond acceptors (Lipinski definition) is 9. The van der Waals surface area contributed by atoms with E-state index < -0.39 is 35.5 Å². The van der Waals surface area contributed by atoms with Crippen LogP contribution in [0.2, 0.25) is 0 Å². The Bertz CT molecular complexity index is 1190. The molecule has 258 valence electrons. The molecular weight excluding hydrogens is 598 g/mol. The molecule has 3 amide bonds. The standard InChI is InChI=1S/C32H51N5O9/c1-9-43-27(40)26(39)21-44-25-13-12-23-19-37(20-24(23)18-25)28(35-22(2)38)36(16-10-14-33-29(41)45-31(3,4)5)17-11-15-34-30(42)46-32(6,7)8/h12-13,18,26,39H,9-11,14-17,19-21H2,1-8H3,(H,33,41)(H,34,42)/t26-/m1/s1. The van der Waals surface area contributed by atoms with Crippen LogP contribution in [0.4, 0.5) is 9.59 Å². The third kappa shape index (κ3) is 14.4. The summed E-state index contributed by atoms with van der Waals surface area (Å²) in [4.78, 5) is 56.7. The first-order valence-electron chi connectivity index (χ1n) is 15.6. The van der Waals surface area contributed by atoms with E-state index in [1.54, 1.807) is 54.5 Å². The van der Waals surface area contributed by atoms with Gasteiger partial charge in [0.25, 0.3) is 0 Å². The molecule has 14 nitrogen and oxygen atoms in total. The molecule has 0 bridgehead atoms. The van der Waals surface area contributed by atoms with Crippen LogP contribution >= 0.6 is 0 Å². The minimum absolute atomic E-state index is 0.159.